The number of carbonyl (C=O) groups is 1. The molecule has 9 nitrogen and oxygen atoms in total. The third kappa shape index (κ3) is 4.57. The lowest BCUT2D eigenvalue weighted by atomic mass is 9.95. The average Bonchev–Trinajstić information content (AvgIpc) is 3.57. The number of nitrogens with one attached hydrogen (secondary N) is 2. The van der Waals surface area contributed by atoms with E-state index in [-0.39, 0.29) is 30.4 Å². The maximum Gasteiger partial charge on any atom is 0.255 e. The van der Waals surface area contributed by atoms with Gasteiger partial charge in [-0.05, 0) is 57.4 Å². The zero-order chi connectivity index (χ0) is 24.7. The van der Waals surface area contributed by atoms with Crippen molar-refractivity contribution in [3.8, 4) is 17.5 Å². The fourth-order valence-electron chi connectivity index (χ4n) is 4.67. The lowest BCUT2D eigenvalue weighted by Crippen LogP contribution is -2.42. The molecule has 2 aliphatic rings. The predicted molar refractivity (Wildman–Crippen MR) is 127 cm³/mol. The Bertz CT molecular complexity index is 1310. The summed E-state index contributed by atoms with van der Waals surface area (Å²) >= 11 is 0. The molecule has 2 aliphatic heterocycles. The van der Waals surface area contributed by atoms with E-state index in [2.05, 4.69) is 26.8 Å². The van der Waals surface area contributed by atoms with Crippen LogP contribution in [0, 0.1) is 11.3 Å². The Morgan fingerprint density at radius 3 is 2.89 bits per heavy atom. The summed E-state index contributed by atoms with van der Waals surface area (Å²) in [5, 5.41) is 29.4. The Hall–Kier alpha value is -3.55. The Morgan fingerprint density at radius 1 is 1.37 bits per heavy atom. The van der Waals surface area contributed by atoms with E-state index in [1.807, 2.05) is 12.1 Å². The summed E-state index contributed by atoms with van der Waals surface area (Å²) in [5.41, 5.74) is 1.78. The van der Waals surface area contributed by atoms with E-state index >= 15 is 0 Å². The number of pyridine rings is 1. The van der Waals surface area contributed by atoms with Crippen LogP contribution in [0.5, 0.6) is 0 Å². The van der Waals surface area contributed by atoms with Gasteiger partial charge in [-0.25, -0.2) is 8.91 Å². The van der Waals surface area contributed by atoms with Crippen molar-refractivity contribution >= 4 is 17.1 Å². The molecule has 2 bridgehead atoms. The zero-order valence-electron chi connectivity index (χ0n) is 19.5. The van der Waals surface area contributed by atoms with Gasteiger partial charge in [0.2, 0.25) is 0 Å². The largest absolute Gasteiger partial charge is 0.387 e. The summed E-state index contributed by atoms with van der Waals surface area (Å²) in [6, 6.07) is 9.36. The van der Waals surface area contributed by atoms with Crippen molar-refractivity contribution in [1.82, 2.24) is 19.9 Å². The van der Waals surface area contributed by atoms with Gasteiger partial charge in [0.1, 0.15) is 12.2 Å². The minimum Gasteiger partial charge on any atom is -0.387 e. The molecule has 1 amide bonds. The molecule has 5 heterocycles. The standard InChI is InChI=1S/C25H27FN6O3/c1-25(2,34)23(26)13-29-24(33)17-12-28-19(9-18(17)31-20-8-16-4-6-22(20)35-16)21-5-3-15-7-14(10-27)11-30-32(15)21/h3,5,7,9,11-12,16,20,22-23,34H,4,6,8,13H2,1-2H3,(H,28,31)(H,29,33)/t16-,20+,22+,23+/m0/s1. The van der Waals surface area contributed by atoms with Crippen LogP contribution in [-0.2, 0) is 4.74 Å². The highest BCUT2D eigenvalue weighted by Gasteiger charge is 2.41. The highest BCUT2D eigenvalue weighted by molar-refractivity contribution is 6.00. The molecule has 182 valence electrons. The fourth-order valence-corrected chi connectivity index (χ4v) is 4.67. The van der Waals surface area contributed by atoms with Crippen LogP contribution in [0.3, 0.4) is 0 Å². The summed E-state index contributed by atoms with van der Waals surface area (Å²) in [6.45, 7) is 2.39. The molecule has 2 fully saturated rings. The topological polar surface area (TPSA) is 125 Å². The Labute approximate surface area is 201 Å². The highest BCUT2D eigenvalue weighted by atomic mass is 19.1. The molecule has 10 heteroatoms. The van der Waals surface area contributed by atoms with Crippen molar-refractivity contribution in [2.75, 3.05) is 11.9 Å². The molecule has 4 atom stereocenters. The Kier molecular flexibility index (Phi) is 5.91. The third-order valence-electron chi connectivity index (χ3n) is 6.70. The van der Waals surface area contributed by atoms with E-state index in [1.165, 1.54) is 26.2 Å². The number of nitrogens with zero attached hydrogens (tertiary/aromatic N) is 4. The van der Waals surface area contributed by atoms with E-state index < -0.39 is 17.7 Å². The van der Waals surface area contributed by atoms with Crippen LogP contribution in [-0.4, -0.2) is 62.2 Å². The maximum atomic E-state index is 14.2. The zero-order valence-corrected chi connectivity index (χ0v) is 19.5. The number of aromatic nitrogens is 3. The number of anilines is 1. The number of nitriles is 1. The molecule has 3 aromatic heterocycles. The summed E-state index contributed by atoms with van der Waals surface area (Å²) < 4.78 is 21.9. The first-order valence-corrected chi connectivity index (χ1v) is 11.7. The Balaban J connectivity index is 1.46. The Morgan fingerprint density at radius 2 is 2.20 bits per heavy atom. The van der Waals surface area contributed by atoms with Crippen molar-refractivity contribution in [3.05, 3.63) is 47.8 Å². The molecule has 0 saturated carbocycles. The van der Waals surface area contributed by atoms with Gasteiger partial charge in [-0.3, -0.25) is 9.78 Å². The lowest BCUT2D eigenvalue weighted by molar-refractivity contribution is -0.00177. The van der Waals surface area contributed by atoms with Crippen LogP contribution < -0.4 is 10.6 Å². The molecule has 5 rings (SSSR count). The second-order valence-electron chi connectivity index (χ2n) is 9.72. The first kappa shape index (κ1) is 23.2. The van der Waals surface area contributed by atoms with Crippen LogP contribution in [0.25, 0.3) is 16.9 Å². The van der Waals surface area contributed by atoms with Gasteiger partial charge in [-0.1, -0.05) is 0 Å². The molecule has 2 saturated heterocycles. The summed E-state index contributed by atoms with van der Waals surface area (Å²) in [4.78, 5) is 17.5. The molecule has 0 unspecified atom stereocenters. The number of amides is 1. The molecule has 35 heavy (non-hydrogen) atoms. The van der Waals surface area contributed by atoms with Gasteiger partial charge in [0.15, 0.2) is 0 Å². The second-order valence-corrected chi connectivity index (χ2v) is 9.72. The minimum atomic E-state index is -1.62. The molecule has 0 radical (unpaired) electrons. The van der Waals surface area contributed by atoms with Gasteiger partial charge in [-0.2, -0.15) is 10.4 Å². The summed E-state index contributed by atoms with van der Waals surface area (Å²) in [7, 11) is 0. The van der Waals surface area contributed by atoms with Crippen LogP contribution in [0.15, 0.2) is 36.7 Å². The van der Waals surface area contributed by atoms with Crippen LogP contribution in [0.4, 0.5) is 10.1 Å². The van der Waals surface area contributed by atoms with Crippen molar-refractivity contribution in [2.24, 2.45) is 0 Å². The van der Waals surface area contributed by atoms with Crippen molar-refractivity contribution < 1.29 is 19.0 Å². The molecular formula is C25H27FN6O3. The first-order valence-electron chi connectivity index (χ1n) is 11.7. The first-order chi connectivity index (χ1) is 16.7. The number of carbonyl (C=O) groups excluding carboxylic acids is 1. The van der Waals surface area contributed by atoms with Crippen LogP contribution in [0.2, 0.25) is 0 Å². The molecule has 0 aromatic carbocycles. The quantitative estimate of drug-likeness (QED) is 0.477. The molecule has 3 N–H and O–H groups in total. The number of hydrogen-bond acceptors (Lipinski definition) is 7. The van der Waals surface area contributed by atoms with Gasteiger partial charge < -0.3 is 20.5 Å². The average molecular weight is 479 g/mol. The van der Waals surface area contributed by atoms with Gasteiger partial charge in [0.05, 0.1) is 70.3 Å². The van der Waals surface area contributed by atoms with E-state index in [0.717, 1.165) is 24.8 Å². The minimum absolute atomic E-state index is 0.0567. The highest BCUT2D eigenvalue weighted by Crippen LogP contribution is 2.37. The van der Waals surface area contributed by atoms with E-state index in [1.54, 1.807) is 16.6 Å². The second kappa shape index (κ2) is 8.91. The molecular weight excluding hydrogens is 451 g/mol. The van der Waals surface area contributed by atoms with Gasteiger partial charge in [0, 0.05) is 6.20 Å². The number of rotatable bonds is 7. The summed E-state index contributed by atoms with van der Waals surface area (Å²) in [6.07, 6.45) is 4.49. The maximum absolute atomic E-state index is 14.2. The lowest BCUT2D eigenvalue weighted by Gasteiger charge is -2.24. The predicted octanol–water partition coefficient (Wildman–Crippen LogP) is 2.84. The number of aliphatic hydroxyl groups is 1. The number of hydrogen-bond donors (Lipinski definition) is 3. The smallest absolute Gasteiger partial charge is 0.255 e. The van der Waals surface area contributed by atoms with E-state index in [4.69, 9.17) is 10.00 Å². The number of alkyl halides is 1. The van der Waals surface area contributed by atoms with Gasteiger partial charge >= 0.3 is 0 Å². The van der Waals surface area contributed by atoms with Crippen LogP contribution >= 0.6 is 0 Å². The molecule has 3 aromatic rings. The normalized spacial score (nSPS) is 22.2. The van der Waals surface area contributed by atoms with Crippen LogP contribution in [0.1, 0.15) is 49.0 Å². The molecule has 0 spiro atoms. The van der Waals surface area contributed by atoms with E-state index in [9.17, 15) is 14.3 Å². The number of halogens is 1. The fraction of sp³-hybridized carbons (Fsp3) is 0.440. The van der Waals surface area contributed by atoms with Crippen molar-refractivity contribution in [1.29, 1.82) is 5.26 Å². The van der Waals surface area contributed by atoms with Crippen molar-refractivity contribution in [2.45, 2.75) is 63.1 Å². The van der Waals surface area contributed by atoms with Gasteiger partial charge in [-0.15, -0.1) is 0 Å². The number of ether oxygens (including phenoxy) is 1. The number of fused-ring (bicyclic) bond motifs is 3. The SMILES string of the molecule is CC(C)(O)[C@H](F)CNC(=O)c1cnc(-c2ccc3cc(C#N)cnn23)cc1N[C@@H]1C[C@@H]2CC[C@H]1O2. The summed E-state index contributed by atoms with van der Waals surface area (Å²) in [5.74, 6) is -0.487. The monoisotopic (exact) mass is 478 g/mol. The van der Waals surface area contributed by atoms with Gasteiger partial charge in [0.25, 0.3) is 5.91 Å². The molecule has 0 aliphatic carbocycles. The van der Waals surface area contributed by atoms with Crippen molar-refractivity contribution in [3.63, 3.8) is 0 Å². The van der Waals surface area contributed by atoms with E-state index in [0.29, 0.717) is 22.6 Å². The third-order valence-corrected chi connectivity index (χ3v) is 6.70.